The van der Waals surface area contributed by atoms with Gasteiger partial charge < -0.3 is 9.26 Å². The fourth-order valence-electron chi connectivity index (χ4n) is 2.36. The number of carbonyl (C=O) groups is 1. The van der Waals surface area contributed by atoms with Crippen LogP contribution in [0.2, 0.25) is 0 Å². The van der Waals surface area contributed by atoms with Crippen LogP contribution in [0.25, 0.3) is 0 Å². The van der Waals surface area contributed by atoms with E-state index in [-0.39, 0.29) is 10.7 Å². The van der Waals surface area contributed by atoms with Crippen LogP contribution in [0.15, 0.2) is 9.42 Å². The molecule has 0 amide bonds. The van der Waals surface area contributed by atoms with Gasteiger partial charge in [0.25, 0.3) is 0 Å². The maximum absolute atomic E-state index is 12.6. The highest BCUT2D eigenvalue weighted by Crippen LogP contribution is 2.30. The minimum absolute atomic E-state index is 0.0447. The van der Waals surface area contributed by atoms with Crippen molar-refractivity contribution in [1.82, 2.24) is 9.46 Å². The predicted octanol–water partition coefficient (Wildman–Crippen LogP) is 0.618. The van der Waals surface area contributed by atoms with Crippen molar-refractivity contribution < 1.29 is 22.5 Å². The van der Waals surface area contributed by atoms with Gasteiger partial charge in [0.2, 0.25) is 10.0 Å². The zero-order valence-corrected chi connectivity index (χ0v) is 11.9. The SMILES string of the molecule is COC(=O)C1CCCN1S(=O)(=O)c1c(C)noc1C. The molecular formula is C11H16N2O5S. The van der Waals surface area contributed by atoms with Gasteiger partial charge in [-0.25, -0.2) is 8.42 Å². The van der Waals surface area contributed by atoms with Crippen molar-refractivity contribution in [2.24, 2.45) is 0 Å². The summed E-state index contributed by atoms with van der Waals surface area (Å²) in [6, 6.07) is -0.760. The van der Waals surface area contributed by atoms with Crippen molar-refractivity contribution >= 4 is 16.0 Å². The molecule has 19 heavy (non-hydrogen) atoms. The summed E-state index contributed by atoms with van der Waals surface area (Å²) >= 11 is 0. The number of aryl methyl sites for hydroxylation is 2. The van der Waals surface area contributed by atoms with Gasteiger partial charge in [-0.3, -0.25) is 4.79 Å². The summed E-state index contributed by atoms with van der Waals surface area (Å²) in [7, 11) is -2.53. The zero-order valence-electron chi connectivity index (χ0n) is 11.0. The number of methoxy groups -OCH3 is 1. The molecule has 0 spiro atoms. The summed E-state index contributed by atoms with van der Waals surface area (Å²) in [4.78, 5) is 11.7. The maximum atomic E-state index is 12.6. The first-order valence-electron chi connectivity index (χ1n) is 5.92. The molecule has 2 heterocycles. The second kappa shape index (κ2) is 4.93. The number of sulfonamides is 1. The molecule has 1 atom stereocenters. The van der Waals surface area contributed by atoms with Crippen molar-refractivity contribution in [3.8, 4) is 0 Å². The number of ether oxygens (including phenoxy) is 1. The lowest BCUT2D eigenvalue weighted by Crippen LogP contribution is -2.41. The molecule has 0 N–H and O–H groups in total. The second-order valence-corrected chi connectivity index (χ2v) is 6.28. The molecule has 7 nitrogen and oxygen atoms in total. The van der Waals surface area contributed by atoms with Crippen molar-refractivity contribution in [3.63, 3.8) is 0 Å². The predicted molar refractivity (Wildman–Crippen MR) is 64.9 cm³/mol. The van der Waals surface area contributed by atoms with E-state index in [1.165, 1.54) is 18.3 Å². The van der Waals surface area contributed by atoms with Crippen LogP contribution < -0.4 is 0 Å². The molecule has 8 heteroatoms. The highest BCUT2D eigenvalue weighted by Gasteiger charge is 2.42. The van der Waals surface area contributed by atoms with Gasteiger partial charge in [-0.1, -0.05) is 5.16 Å². The summed E-state index contributed by atoms with van der Waals surface area (Å²) in [5.41, 5.74) is 0.299. The quantitative estimate of drug-likeness (QED) is 0.757. The fourth-order valence-corrected chi connectivity index (χ4v) is 4.30. The van der Waals surface area contributed by atoms with Crippen LogP contribution in [0.3, 0.4) is 0 Å². The average Bonchev–Trinajstić information content (AvgIpc) is 2.95. The fraction of sp³-hybridized carbons (Fsp3) is 0.636. The summed E-state index contributed by atoms with van der Waals surface area (Å²) in [6.07, 6.45) is 1.09. The molecule has 1 aromatic heterocycles. The molecule has 1 aromatic rings. The Labute approximate surface area is 111 Å². The lowest BCUT2D eigenvalue weighted by molar-refractivity contribution is -0.144. The number of aromatic nitrogens is 1. The van der Waals surface area contributed by atoms with Crippen molar-refractivity contribution in [3.05, 3.63) is 11.5 Å². The number of hydrogen-bond acceptors (Lipinski definition) is 6. The van der Waals surface area contributed by atoms with E-state index in [4.69, 9.17) is 4.52 Å². The minimum atomic E-state index is -3.78. The van der Waals surface area contributed by atoms with E-state index in [9.17, 15) is 13.2 Å². The lowest BCUT2D eigenvalue weighted by Gasteiger charge is -2.21. The Kier molecular flexibility index (Phi) is 3.64. The number of hydrogen-bond donors (Lipinski definition) is 0. The van der Waals surface area contributed by atoms with Crippen LogP contribution in [0.5, 0.6) is 0 Å². The largest absolute Gasteiger partial charge is 0.468 e. The van der Waals surface area contributed by atoms with Gasteiger partial charge in [-0.05, 0) is 26.7 Å². The Balaban J connectivity index is 2.43. The third kappa shape index (κ3) is 2.25. The molecule has 0 aliphatic carbocycles. The Morgan fingerprint density at radius 2 is 2.16 bits per heavy atom. The van der Waals surface area contributed by atoms with E-state index >= 15 is 0 Å². The Morgan fingerprint density at radius 3 is 2.68 bits per heavy atom. The van der Waals surface area contributed by atoms with Gasteiger partial charge in [-0.2, -0.15) is 4.31 Å². The highest BCUT2D eigenvalue weighted by molar-refractivity contribution is 7.89. The molecule has 0 bridgehead atoms. The molecule has 0 aromatic carbocycles. The molecule has 1 aliphatic rings. The van der Waals surface area contributed by atoms with Gasteiger partial charge in [0.1, 0.15) is 16.6 Å². The molecule has 106 valence electrons. The molecule has 1 saturated heterocycles. The molecule has 0 saturated carbocycles. The summed E-state index contributed by atoms with van der Waals surface area (Å²) < 4.78 is 35.9. The van der Waals surface area contributed by atoms with Crippen LogP contribution >= 0.6 is 0 Å². The standard InChI is InChI=1S/C11H16N2O5S/c1-7-10(8(2)18-12-7)19(15,16)13-6-4-5-9(13)11(14)17-3/h9H,4-6H2,1-3H3. The first-order valence-corrected chi connectivity index (χ1v) is 7.36. The average molecular weight is 288 g/mol. The number of esters is 1. The summed E-state index contributed by atoms with van der Waals surface area (Å²) in [5.74, 6) is -0.305. The lowest BCUT2D eigenvalue weighted by atomic mass is 10.2. The van der Waals surface area contributed by atoms with Gasteiger partial charge in [0, 0.05) is 6.54 Å². The van der Waals surface area contributed by atoms with Crippen LogP contribution in [0, 0.1) is 13.8 Å². The smallest absolute Gasteiger partial charge is 0.324 e. The number of rotatable bonds is 3. The van der Waals surface area contributed by atoms with Gasteiger partial charge >= 0.3 is 5.97 Å². The number of carbonyl (C=O) groups excluding carboxylic acids is 1. The third-order valence-corrected chi connectivity index (χ3v) is 5.36. The molecule has 1 unspecified atom stereocenters. The molecule has 1 fully saturated rings. The van der Waals surface area contributed by atoms with E-state index < -0.39 is 22.0 Å². The van der Waals surface area contributed by atoms with Crippen LogP contribution in [-0.4, -0.2) is 43.5 Å². The van der Waals surface area contributed by atoms with E-state index in [1.807, 2.05) is 0 Å². The second-order valence-electron chi connectivity index (χ2n) is 4.45. The van der Waals surface area contributed by atoms with Crippen molar-refractivity contribution in [2.75, 3.05) is 13.7 Å². The van der Waals surface area contributed by atoms with E-state index in [1.54, 1.807) is 6.92 Å². The van der Waals surface area contributed by atoms with Crippen molar-refractivity contribution in [1.29, 1.82) is 0 Å². The van der Waals surface area contributed by atoms with Gasteiger partial charge in [0.05, 0.1) is 7.11 Å². The Bertz CT molecular complexity index is 573. The van der Waals surface area contributed by atoms with E-state index in [0.29, 0.717) is 25.1 Å². The Hall–Kier alpha value is -1.41. The highest BCUT2D eigenvalue weighted by atomic mass is 32.2. The van der Waals surface area contributed by atoms with Crippen molar-refractivity contribution in [2.45, 2.75) is 37.6 Å². The topological polar surface area (TPSA) is 89.7 Å². The molecule has 1 aliphatic heterocycles. The van der Waals surface area contributed by atoms with Crippen LogP contribution in [-0.2, 0) is 19.6 Å². The Morgan fingerprint density at radius 1 is 1.47 bits per heavy atom. The van der Waals surface area contributed by atoms with E-state index in [0.717, 1.165) is 0 Å². The van der Waals surface area contributed by atoms with Crippen LogP contribution in [0.4, 0.5) is 0 Å². The number of nitrogens with zero attached hydrogens (tertiary/aromatic N) is 2. The maximum Gasteiger partial charge on any atom is 0.324 e. The summed E-state index contributed by atoms with van der Waals surface area (Å²) in [6.45, 7) is 3.40. The monoisotopic (exact) mass is 288 g/mol. The normalized spacial score (nSPS) is 20.7. The summed E-state index contributed by atoms with van der Waals surface area (Å²) in [5, 5.41) is 3.65. The first-order chi connectivity index (χ1) is 8.89. The molecule has 2 rings (SSSR count). The minimum Gasteiger partial charge on any atom is -0.468 e. The third-order valence-electron chi connectivity index (χ3n) is 3.21. The zero-order chi connectivity index (χ0) is 14.2. The first kappa shape index (κ1) is 14.0. The van der Waals surface area contributed by atoms with Crippen LogP contribution in [0.1, 0.15) is 24.3 Å². The molecular weight excluding hydrogens is 272 g/mol. The van der Waals surface area contributed by atoms with Gasteiger partial charge in [0.15, 0.2) is 5.76 Å². The van der Waals surface area contributed by atoms with E-state index in [2.05, 4.69) is 9.89 Å². The molecule has 0 radical (unpaired) electrons. The van der Waals surface area contributed by atoms with Gasteiger partial charge in [-0.15, -0.1) is 0 Å².